The van der Waals surface area contributed by atoms with E-state index in [1.165, 1.54) is 21.3 Å². The highest BCUT2D eigenvalue weighted by molar-refractivity contribution is 5.95. The predicted octanol–water partition coefficient (Wildman–Crippen LogP) is 1.64. The van der Waals surface area contributed by atoms with Gasteiger partial charge in [0.15, 0.2) is 11.5 Å². The lowest BCUT2D eigenvalue weighted by atomic mass is 10.1. The van der Waals surface area contributed by atoms with Crippen molar-refractivity contribution in [2.24, 2.45) is 5.92 Å². The van der Waals surface area contributed by atoms with Crippen molar-refractivity contribution in [1.29, 1.82) is 0 Å². The Morgan fingerprint density at radius 1 is 1.14 bits per heavy atom. The Morgan fingerprint density at radius 2 is 1.68 bits per heavy atom. The van der Waals surface area contributed by atoms with Crippen LogP contribution in [0.25, 0.3) is 0 Å². The first-order valence-electron chi connectivity index (χ1n) is 7.15. The van der Waals surface area contributed by atoms with Crippen LogP contribution in [0.4, 0.5) is 0 Å². The zero-order chi connectivity index (χ0) is 16.7. The van der Waals surface area contributed by atoms with Gasteiger partial charge in [0.1, 0.15) is 0 Å². The van der Waals surface area contributed by atoms with E-state index in [2.05, 4.69) is 17.1 Å². The van der Waals surface area contributed by atoms with Gasteiger partial charge in [-0.2, -0.15) is 0 Å². The maximum Gasteiger partial charge on any atom is 0.251 e. The molecular formula is C16H26N2O4. The summed E-state index contributed by atoms with van der Waals surface area (Å²) in [5.74, 6) is 1.61. The molecule has 1 aromatic rings. The fourth-order valence-electron chi connectivity index (χ4n) is 2.27. The summed E-state index contributed by atoms with van der Waals surface area (Å²) < 4.78 is 15.8. The zero-order valence-electron chi connectivity index (χ0n) is 14.2. The molecular weight excluding hydrogens is 284 g/mol. The number of hydrogen-bond acceptors (Lipinski definition) is 5. The molecule has 1 amide bonds. The molecule has 0 bridgehead atoms. The highest BCUT2D eigenvalue weighted by atomic mass is 16.5. The summed E-state index contributed by atoms with van der Waals surface area (Å²) in [6.45, 7) is 3.61. The number of rotatable bonds is 8. The van der Waals surface area contributed by atoms with Gasteiger partial charge in [-0.15, -0.1) is 0 Å². The van der Waals surface area contributed by atoms with Crippen molar-refractivity contribution in [3.63, 3.8) is 0 Å². The Balaban J connectivity index is 2.85. The van der Waals surface area contributed by atoms with Crippen LogP contribution in [0.5, 0.6) is 17.2 Å². The highest BCUT2D eigenvalue weighted by Gasteiger charge is 2.17. The van der Waals surface area contributed by atoms with E-state index in [0.717, 1.165) is 6.54 Å². The van der Waals surface area contributed by atoms with Crippen LogP contribution in [0.3, 0.4) is 0 Å². The lowest BCUT2D eigenvalue weighted by Crippen LogP contribution is -2.32. The van der Waals surface area contributed by atoms with Crippen molar-refractivity contribution in [2.75, 3.05) is 48.5 Å². The fourth-order valence-corrected chi connectivity index (χ4v) is 2.27. The summed E-state index contributed by atoms with van der Waals surface area (Å²) in [5.41, 5.74) is 0.478. The smallest absolute Gasteiger partial charge is 0.251 e. The monoisotopic (exact) mass is 310 g/mol. The lowest BCUT2D eigenvalue weighted by Gasteiger charge is -2.18. The standard InChI is InChI=1S/C16H26N2O4/c1-11(10-18(2)3)9-17-16(19)12-7-13(20-4)15(22-6)14(8-12)21-5/h7-8,11H,9-10H2,1-6H3,(H,17,19). The SMILES string of the molecule is COc1cc(C(=O)NCC(C)CN(C)C)cc(OC)c1OC. The first-order valence-corrected chi connectivity index (χ1v) is 7.15. The van der Waals surface area contributed by atoms with Crippen LogP contribution in [-0.2, 0) is 0 Å². The number of benzene rings is 1. The van der Waals surface area contributed by atoms with E-state index < -0.39 is 0 Å². The summed E-state index contributed by atoms with van der Waals surface area (Å²) in [7, 11) is 8.61. The minimum atomic E-state index is -0.162. The third-order valence-electron chi connectivity index (χ3n) is 3.21. The average molecular weight is 310 g/mol. The average Bonchev–Trinajstić information content (AvgIpc) is 2.50. The zero-order valence-corrected chi connectivity index (χ0v) is 14.2. The molecule has 0 aliphatic rings. The molecule has 0 aromatic heterocycles. The number of nitrogens with one attached hydrogen (secondary N) is 1. The summed E-state index contributed by atoms with van der Waals surface area (Å²) >= 11 is 0. The van der Waals surface area contributed by atoms with Crippen molar-refractivity contribution in [2.45, 2.75) is 6.92 Å². The minimum Gasteiger partial charge on any atom is -0.493 e. The third-order valence-corrected chi connectivity index (χ3v) is 3.21. The van der Waals surface area contributed by atoms with E-state index in [1.807, 2.05) is 14.1 Å². The Morgan fingerprint density at radius 3 is 2.09 bits per heavy atom. The minimum absolute atomic E-state index is 0.162. The molecule has 0 saturated heterocycles. The summed E-state index contributed by atoms with van der Waals surface area (Å²) in [5, 5.41) is 2.93. The molecule has 6 nitrogen and oxygen atoms in total. The second-order valence-electron chi connectivity index (χ2n) is 5.49. The van der Waals surface area contributed by atoms with Gasteiger partial charge in [-0.25, -0.2) is 0 Å². The van der Waals surface area contributed by atoms with Gasteiger partial charge in [-0.05, 0) is 32.1 Å². The first-order chi connectivity index (χ1) is 10.4. The quantitative estimate of drug-likeness (QED) is 0.791. The molecule has 1 rings (SSSR count). The van der Waals surface area contributed by atoms with Gasteiger partial charge in [0.05, 0.1) is 21.3 Å². The number of nitrogens with zero attached hydrogens (tertiary/aromatic N) is 1. The van der Waals surface area contributed by atoms with Crippen molar-refractivity contribution in [3.05, 3.63) is 17.7 Å². The molecule has 124 valence electrons. The molecule has 0 aliphatic heterocycles. The molecule has 22 heavy (non-hydrogen) atoms. The highest BCUT2D eigenvalue weighted by Crippen LogP contribution is 2.38. The molecule has 1 N–H and O–H groups in total. The van der Waals surface area contributed by atoms with E-state index in [4.69, 9.17) is 14.2 Å². The number of amides is 1. The van der Waals surface area contributed by atoms with Gasteiger partial charge in [0.2, 0.25) is 5.75 Å². The number of hydrogen-bond donors (Lipinski definition) is 1. The maximum atomic E-state index is 12.3. The number of carbonyl (C=O) groups is 1. The summed E-state index contributed by atoms with van der Waals surface area (Å²) in [4.78, 5) is 14.4. The molecule has 1 unspecified atom stereocenters. The van der Waals surface area contributed by atoms with Gasteiger partial charge >= 0.3 is 0 Å². The van der Waals surface area contributed by atoms with Gasteiger partial charge < -0.3 is 24.4 Å². The number of ether oxygens (including phenoxy) is 3. The van der Waals surface area contributed by atoms with Crippen LogP contribution in [0.2, 0.25) is 0 Å². The van der Waals surface area contributed by atoms with E-state index in [9.17, 15) is 4.79 Å². The van der Waals surface area contributed by atoms with Gasteiger partial charge in [-0.1, -0.05) is 6.92 Å². The van der Waals surface area contributed by atoms with Crippen molar-refractivity contribution in [1.82, 2.24) is 10.2 Å². The Hall–Kier alpha value is -1.95. The van der Waals surface area contributed by atoms with Crippen LogP contribution in [0.15, 0.2) is 12.1 Å². The lowest BCUT2D eigenvalue weighted by molar-refractivity contribution is 0.0945. The molecule has 0 radical (unpaired) electrons. The van der Waals surface area contributed by atoms with E-state index in [0.29, 0.717) is 35.3 Å². The molecule has 1 aromatic carbocycles. The van der Waals surface area contributed by atoms with Crippen molar-refractivity contribution >= 4 is 5.91 Å². The van der Waals surface area contributed by atoms with E-state index in [1.54, 1.807) is 12.1 Å². The molecule has 1 atom stereocenters. The van der Waals surface area contributed by atoms with E-state index in [-0.39, 0.29) is 5.91 Å². The second-order valence-corrected chi connectivity index (χ2v) is 5.49. The van der Waals surface area contributed by atoms with Crippen molar-refractivity contribution in [3.8, 4) is 17.2 Å². The molecule has 0 aliphatic carbocycles. The molecule has 6 heteroatoms. The largest absolute Gasteiger partial charge is 0.493 e. The topological polar surface area (TPSA) is 60.0 Å². The summed E-state index contributed by atoms with van der Waals surface area (Å²) in [6.07, 6.45) is 0. The fraction of sp³-hybridized carbons (Fsp3) is 0.562. The van der Waals surface area contributed by atoms with E-state index >= 15 is 0 Å². The number of methoxy groups -OCH3 is 3. The van der Waals surface area contributed by atoms with Crippen LogP contribution in [0, 0.1) is 5.92 Å². The van der Waals surface area contributed by atoms with Crippen molar-refractivity contribution < 1.29 is 19.0 Å². The maximum absolute atomic E-state index is 12.3. The number of carbonyl (C=O) groups excluding carboxylic acids is 1. The molecule has 0 spiro atoms. The van der Waals surface area contributed by atoms with Crippen LogP contribution < -0.4 is 19.5 Å². The summed E-state index contributed by atoms with van der Waals surface area (Å²) in [6, 6.07) is 3.29. The molecule has 0 saturated carbocycles. The van der Waals surface area contributed by atoms with Gasteiger partial charge in [0, 0.05) is 18.7 Å². The molecule has 0 heterocycles. The van der Waals surface area contributed by atoms with Crippen LogP contribution in [0.1, 0.15) is 17.3 Å². The molecule has 0 fully saturated rings. The Labute approximate surface area is 132 Å². The van der Waals surface area contributed by atoms with Gasteiger partial charge in [-0.3, -0.25) is 4.79 Å². The predicted molar refractivity (Wildman–Crippen MR) is 86.1 cm³/mol. The Bertz CT molecular complexity index is 478. The first kappa shape index (κ1) is 18.1. The second kappa shape index (κ2) is 8.48. The van der Waals surface area contributed by atoms with Crippen LogP contribution >= 0.6 is 0 Å². The Kier molecular flexibility index (Phi) is 6.98. The normalized spacial score (nSPS) is 12.0. The van der Waals surface area contributed by atoms with Crippen LogP contribution in [-0.4, -0.2) is 59.3 Å². The third kappa shape index (κ3) is 4.80. The van der Waals surface area contributed by atoms with Gasteiger partial charge in [0.25, 0.3) is 5.91 Å².